The van der Waals surface area contributed by atoms with E-state index in [2.05, 4.69) is 5.32 Å². The second kappa shape index (κ2) is 8.99. The lowest BCUT2D eigenvalue weighted by Gasteiger charge is -2.15. The van der Waals surface area contributed by atoms with Gasteiger partial charge in [-0.1, -0.05) is 12.1 Å². The molecule has 26 heavy (non-hydrogen) atoms. The number of hydrogen-bond donors (Lipinski definition) is 1. The first kappa shape index (κ1) is 19.4. The van der Waals surface area contributed by atoms with Gasteiger partial charge in [0.25, 0.3) is 5.91 Å². The molecule has 1 amide bonds. The molecule has 6 nitrogen and oxygen atoms in total. The van der Waals surface area contributed by atoms with Crippen LogP contribution >= 0.6 is 0 Å². The maximum Gasteiger partial charge on any atom is 0.258 e. The van der Waals surface area contributed by atoms with Crippen molar-refractivity contribution < 1.29 is 23.7 Å². The summed E-state index contributed by atoms with van der Waals surface area (Å²) < 4.78 is 21.5. The summed E-state index contributed by atoms with van der Waals surface area (Å²) in [5, 5.41) is 2.83. The van der Waals surface area contributed by atoms with Crippen LogP contribution in [0.15, 0.2) is 30.3 Å². The number of methoxy groups -OCH3 is 3. The van der Waals surface area contributed by atoms with Gasteiger partial charge in [-0.25, -0.2) is 0 Å². The van der Waals surface area contributed by atoms with Gasteiger partial charge < -0.3 is 24.3 Å². The van der Waals surface area contributed by atoms with E-state index in [0.717, 1.165) is 16.7 Å². The number of nitrogens with one attached hydrogen (secondary N) is 1. The zero-order valence-corrected chi connectivity index (χ0v) is 15.8. The molecule has 0 heterocycles. The van der Waals surface area contributed by atoms with Crippen molar-refractivity contribution in [2.75, 3.05) is 27.9 Å². The minimum atomic E-state index is -0.209. The number of benzene rings is 2. The Balaban J connectivity index is 1.97. The summed E-state index contributed by atoms with van der Waals surface area (Å²) in [5.74, 6) is 2.11. The molecule has 0 bridgehead atoms. The molecule has 0 saturated carbocycles. The third kappa shape index (κ3) is 4.59. The van der Waals surface area contributed by atoms with E-state index < -0.39 is 0 Å². The SMILES string of the molecule is COc1cc(CNC(=O)COc2cccc(C)c2C)cc(OC)c1OC. The fourth-order valence-corrected chi connectivity index (χ4v) is 2.51. The second-order valence-corrected chi connectivity index (χ2v) is 5.80. The third-order valence-corrected chi connectivity index (χ3v) is 4.13. The number of rotatable bonds is 8. The van der Waals surface area contributed by atoms with Crippen molar-refractivity contribution in [3.63, 3.8) is 0 Å². The Morgan fingerprint density at radius 2 is 1.62 bits per heavy atom. The summed E-state index contributed by atoms with van der Waals surface area (Å²) in [6, 6.07) is 9.37. The van der Waals surface area contributed by atoms with Gasteiger partial charge in [-0.15, -0.1) is 0 Å². The molecule has 0 atom stereocenters. The monoisotopic (exact) mass is 359 g/mol. The molecule has 2 rings (SSSR count). The van der Waals surface area contributed by atoms with Crippen LogP contribution in [0.5, 0.6) is 23.0 Å². The van der Waals surface area contributed by atoms with E-state index in [9.17, 15) is 4.79 Å². The van der Waals surface area contributed by atoms with E-state index in [-0.39, 0.29) is 12.5 Å². The van der Waals surface area contributed by atoms with Crippen molar-refractivity contribution in [2.24, 2.45) is 0 Å². The molecule has 0 unspecified atom stereocenters. The van der Waals surface area contributed by atoms with Crippen molar-refractivity contribution in [3.8, 4) is 23.0 Å². The standard InChI is InChI=1S/C20H25NO5/c1-13-7-6-8-16(14(13)2)26-12-19(22)21-11-15-9-17(23-3)20(25-5)18(10-15)24-4/h6-10H,11-12H2,1-5H3,(H,21,22). The number of amides is 1. The minimum absolute atomic E-state index is 0.0469. The Morgan fingerprint density at radius 1 is 0.962 bits per heavy atom. The van der Waals surface area contributed by atoms with E-state index in [4.69, 9.17) is 18.9 Å². The average molecular weight is 359 g/mol. The summed E-state index contributed by atoms with van der Waals surface area (Å²) >= 11 is 0. The van der Waals surface area contributed by atoms with Crippen LogP contribution in [0.4, 0.5) is 0 Å². The third-order valence-electron chi connectivity index (χ3n) is 4.13. The quantitative estimate of drug-likeness (QED) is 0.785. The molecule has 0 aliphatic heterocycles. The zero-order valence-electron chi connectivity index (χ0n) is 15.8. The van der Waals surface area contributed by atoms with Crippen LogP contribution in [0.2, 0.25) is 0 Å². The Bertz CT molecular complexity index is 748. The normalized spacial score (nSPS) is 10.2. The molecule has 0 saturated heterocycles. The lowest BCUT2D eigenvalue weighted by molar-refractivity contribution is -0.123. The molecule has 0 aromatic heterocycles. The highest BCUT2D eigenvalue weighted by molar-refractivity contribution is 5.77. The fraction of sp³-hybridized carbons (Fsp3) is 0.350. The van der Waals surface area contributed by atoms with E-state index in [0.29, 0.717) is 29.5 Å². The number of hydrogen-bond acceptors (Lipinski definition) is 5. The molecule has 0 spiro atoms. The molecule has 0 fully saturated rings. The van der Waals surface area contributed by atoms with Gasteiger partial charge in [-0.05, 0) is 48.7 Å². The molecule has 2 aromatic rings. The first-order valence-corrected chi connectivity index (χ1v) is 8.24. The second-order valence-electron chi connectivity index (χ2n) is 5.80. The maximum atomic E-state index is 12.1. The van der Waals surface area contributed by atoms with Gasteiger partial charge in [-0.2, -0.15) is 0 Å². The molecule has 0 aliphatic carbocycles. The van der Waals surface area contributed by atoms with Crippen LogP contribution in [-0.2, 0) is 11.3 Å². The van der Waals surface area contributed by atoms with Gasteiger partial charge in [-0.3, -0.25) is 4.79 Å². The smallest absolute Gasteiger partial charge is 0.258 e. The highest BCUT2D eigenvalue weighted by Gasteiger charge is 2.14. The number of ether oxygens (including phenoxy) is 4. The van der Waals surface area contributed by atoms with Crippen LogP contribution in [0.3, 0.4) is 0 Å². The van der Waals surface area contributed by atoms with Gasteiger partial charge in [0.05, 0.1) is 21.3 Å². The Morgan fingerprint density at radius 3 is 2.19 bits per heavy atom. The van der Waals surface area contributed by atoms with Crippen LogP contribution in [0, 0.1) is 13.8 Å². The van der Waals surface area contributed by atoms with Crippen LogP contribution in [-0.4, -0.2) is 33.8 Å². The van der Waals surface area contributed by atoms with Crippen molar-refractivity contribution in [3.05, 3.63) is 47.0 Å². The summed E-state index contributed by atoms with van der Waals surface area (Å²) in [7, 11) is 4.65. The van der Waals surface area contributed by atoms with Gasteiger partial charge in [0.15, 0.2) is 18.1 Å². The summed E-state index contributed by atoms with van der Waals surface area (Å²) in [6.45, 7) is 4.26. The van der Waals surface area contributed by atoms with E-state index in [1.807, 2.05) is 32.0 Å². The Labute approximate surface area is 154 Å². The summed E-state index contributed by atoms with van der Waals surface area (Å²) in [6.07, 6.45) is 0. The van der Waals surface area contributed by atoms with Crippen LogP contribution < -0.4 is 24.3 Å². The molecule has 1 N–H and O–H groups in total. The summed E-state index contributed by atoms with van der Waals surface area (Å²) in [4.78, 5) is 12.1. The average Bonchev–Trinajstić information content (AvgIpc) is 2.66. The zero-order chi connectivity index (χ0) is 19.1. The summed E-state index contributed by atoms with van der Waals surface area (Å²) in [5.41, 5.74) is 2.99. The van der Waals surface area contributed by atoms with E-state index >= 15 is 0 Å². The first-order valence-electron chi connectivity index (χ1n) is 8.24. The van der Waals surface area contributed by atoms with Gasteiger partial charge in [0.1, 0.15) is 5.75 Å². The molecule has 6 heteroatoms. The van der Waals surface area contributed by atoms with Crippen molar-refractivity contribution >= 4 is 5.91 Å². The van der Waals surface area contributed by atoms with Gasteiger partial charge in [0.2, 0.25) is 5.75 Å². The molecule has 140 valence electrons. The van der Waals surface area contributed by atoms with Gasteiger partial charge in [0, 0.05) is 6.54 Å². The largest absolute Gasteiger partial charge is 0.493 e. The Kier molecular flexibility index (Phi) is 6.72. The molecular weight excluding hydrogens is 334 g/mol. The first-order chi connectivity index (χ1) is 12.5. The number of carbonyl (C=O) groups is 1. The lowest BCUT2D eigenvalue weighted by atomic mass is 10.1. The molecular formula is C20H25NO5. The van der Waals surface area contributed by atoms with Crippen LogP contribution in [0.25, 0.3) is 0 Å². The fourth-order valence-electron chi connectivity index (χ4n) is 2.51. The van der Waals surface area contributed by atoms with Gasteiger partial charge >= 0.3 is 0 Å². The highest BCUT2D eigenvalue weighted by Crippen LogP contribution is 2.38. The predicted molar refractivity (Wildman–Crippen MR) is 99.4 cm³/mol. The van der Waals surface area contributed by atoms with Crippen molar-refractivity contribution in [2.45, 2.75) is 20.4 Å². The van der Waals surface area contributed by atoms with Crippen molar-refractivity contribution in [1.82, 2.24) is 5.32 Å². The van der Waals surface area contributed by atoms with Crippen molar-refractivity contribution in [1.29, 1.82) is 0 Å². The maximum absolute atomic E-state index is 12.1. The van der Waals surface area contributed by atoms with E-state index in [1.54, 1.807) is 33.5 Å². The van der Waals surface area contributed by atoms with E-state index in [1.165, 1.54) is 0 Å². The topological polar surface area (TPSA) is 66.0 Å². The molecule has 0 radical (unpaired) electrons. The molecule has 2 aromatic carbocycles. The molecule has 0 aliphatic rings. The number of carbonyl (C=O) groups excluding carboxylic acids is 1. The highest BCUT2D eigenvalue weighted by atomic mass is 16.5. The predicted octanol–water partition coefficient (Wildman–Crippen LogP) is 3.02. The minimum Gasteiger partial charge on any atom is -0.493 e. The lowest BCUT2D eigenvalue weighted by Crippen LogP contribution is -2.28. The van der Waals surface area contributed by atoms with Crippen LogP contribution in [0.1, 0.15) is 16.7 Å². The number of aryl methyl sites for hydroxylation is 1. The Hall–Kier alpha value is -2.89.